The van der Waals surface area contributed by atoms with Crippen molar-refractivity contribution in [2.75, 3.05) is 6.54 Å². The predicted molar refractivity (Wildman–Crippen MR) is 109 cm³/mol. The van der Waals surface area contributed by atoms with Crippen LogP contribution in [0.4, 0.5) is 0 Å². The number of hydrogen-bond donors (Lipinski definition) is 2. The van der Waals surface area contributed by atoms with Crippen molar-refractivity contribution < 1.29 is 4.79 Å². The molecule has 0 radical (unpaired) electrons. The zero-order chi connectivity index (χ0) is 17.2. The first kappa shape index (κ1) is 22.5. The maximum absolute atomic E-state index is 12.8. The van der Waals surface area contributed by atoms with Gasteiger partial charge in [0.15, 0.2) is 0 Å². The fraction of sp³-hybridized carbons (Fsp3) is 0.474. The summed E-state index contributed by atoms with van der Waals surface area (Å²) in [5, 5.41) is 3.21. The number of hydrogen-bond acceptors (Lipinski definition) is 3. The second-order valence-electron chi connectivity index (χ2n) is 6.84. The molecule has 0 atom stereocenters. The Bertz CT molecular complexity index is 725. The van der Waals surface area contributed by atoms with Crippen LogP contribution in [0.5, 0.6) is 0 Å². The molecule has 144 valence electrons. The van der Waals surface area contributed by atoms with Gasteiger partial charge in [-0.3, -0.25) is 9.78 Å². The van der Waals surface area contributed by atoms with Crippen LogP contribution in [0.2, 0.25) is 0 Å². The SMILES string of the molecule is Cc1cc(C(=O)NC2(CN)CCCC2)c(C)n1Cc1ccccn1.Cl.Cl. The Balaban J connectivity index is 0.00000169. The Hall–Kier alpha value is -1.56. The summed E-state index contributed by atoms with van der Waals surface area (Å²) in [6, 6.07) is 7.86. The topological polar surface area (TPSA) is 72.9 Å². The minimum Gasteiger partial charge on any atom is -0.345 e. The van der Waals surface area contributed by atoms with E-state index >= 15 is 0 Å². The molecule has 2 aromatic heterocycles. The standard InChI is InChI=1S/C19H26N4O.2ClH/c1-14-11-17(18(24)22-19(13-20)8-4-5-9-19)15(2)23(14)12-16-7-3-6-10-21-16;;/h3,6-7,10-11H,4-5,8-9,12-13,20H2,1-2H3,(H,22,24);2*1H. The third-order valence-corrected chi connectivity index (χ3v) is 5.19. The highest BCUT2D eigenvalue weighted by Gasteiger charge is 2.34. The van der Waals surface area contributed by atoms with Crippen LogP contribution < -0.4 is 11.1 Å². The van der Waals surface area contributed by atoms with Crippen molar-refractivity contribution in [3.63, 3.8) is 0 Å². The van der Waals surface area contributed by atoms with Gasteiger partial charge in [0.05, 0.1) is 23.3 Å². The van der Waals surface area contributed by atoms with Gasteiger partial charge in [-0.25, -0.2) is 0 Å². The quantitative estimate of drug-likeness (QED) is 0.810. The lowest BCUT2D eigenvalue weighted by atomic mass is 9.97. The largest absolute Gasteiger partial charge is 0.345 e. The lowest BCUT2D eigenvalue weighted by Gasteiger charge is -2.28. The average Bonchev–Trinajstić information content (AvgIpc) is 3.16. The Kier molecular flexibility index (Phi) is 8.13. The molecule has 1 saturated carbocycles. The number of halogens is 2. The molecule has 1 aliphatic rings. The number of nitrogens with two attached hydrogens (primary N) is 1. The molecule has 0 saturated heterocycles. The summed E-state index contributed by atoms with van der Waals surface area (Å²) in [7, 11) is 0. The average molecular weight is 399 g/mol. The van der Waals surface area contributed by atoms with Crippen molar-refractivity contribution in [1.29, 1.82) is 0 Å². The van der Waals surface area contributed by atoms with Gasteiger partial charge >= 0.3 is 0 Å². The molecule has 3 N–H and O–H groups in total. The summed E-state index contributed by atoms with van der Waals surface area (Å²) in [6.45, 7) is 5.20. The van der Waals surface area contributed by atoms with Gasteiger partial charge in [-0.05, 0) is 44.9 Å². The molecule has 0 aromatic carbocycles. The summed E-state index contributed by atoms with van der Waals surface area (Å²) in [5.41, 5.74) is 9.49. The summed E-state index contributed by atoms with van der Waals surface area (Å²) < 4.78 is 2.14. The van der Waals surface area contributed by atoms with Crippen LogP contribution in [0.3, 0.4) is 0 Å². The van der Waals surface area contributed by atoms with Crippen molar-refractivity contribution >= 4 is 30.7 Å². The Morgan fingerprint density at radius 3 is 2.54 bits per heavy atom. The highest BCUT2D eigenvalue weighted by molar-refractivity contribution is 5.96. The maximum atomic E-state index is 12.8. The Morgan fingerprint density at radius 2 is 1.96 bits per heavy atom. The van der Waals surface area contributed by atoms with Crippen molar-refractivity contribution in [2.45, 2.75) is 51.6 Å². The first-order valence-electron chi connectivity index (χ1n) is 8.64. The number of carbonyl (C=O) groups excluding carboxylic acids is 1. The van der Waals surface area contributed by atoms with Gasteiger partial charge < -0.3 is 15.6 Å². The molecule has 1 aliphatic carbocycles. The zero-order valence-electron chi connectivity index (χ0n) is 15.3. The molecule has 0 spiro atoms. The van der Waals surface area contributed by atoms with Crippen LogP contribution in [0, 0.1) is 13.8 Å². The van der Waals surface area contributed by atoms with Gasteiger partial charge in [0.25, 0.3) is 5.91 Å². The molecule has 26 heavy (non-hydrogen) atoms. The normalized spacial score (nSPS) is 15.0. The van der Waals surface area contributed by atoms with E-state index in [1.807, 2.05) is 38.1 Å². The number of amides is 1. The minimum atomic E-state index is -0.222. The van der Waals surface area contributed by atoms with E-state index < -0.39 is 0 Å². The molecule has 0 aliphatic heterocycles. The lowest BCUT2D eigenvalue weighted by molar-refractivity contribution is 0.0902. The number of rotatable bonds is 5. The molecule has 1 fully saturated rings. The van der Waals surface area contributed by atoms with E-state index in [1.54, 1.807) is 6.20 Å². The van der Waals surface area contributed by atoms with E-state index in [1.165, 1.54) is 0 Å². The minimum absolute atomic E-state index is 0. The Labute approximate surface area is 167 Å². The van der Waals surface area contributed by atoms with Crippen LogP contribution in [0.15, 0.2) is 30.5 Å². The Morgan fingerprint density at radius 1 is 1.27 bits per heavy atom. The molecule has 0 bridgehead atoms. The van der Waals surface area contributed by atoms with E-state index in [2.05, 4.69) is 14.9 Å². The van der Waals surface area contributed by atoms with Crippen LogP contribution >= 0.6 is 24.8 Å². The van der Waals surface area contributed by atoms with Gasteiger partial charge in [-0.15, -0.1) is 24.8 Å². The van der Waals surface area contributed by atoms with E-state index in [0.717, 1.165) is 48.3 Å². The molecule has 1 amide bonds. The highest BCUT2D eigenvalue weighted by Crippen LogP contribution is 2.29. The van der Waals surface area contributed by atoms with Crippen LogP contribution in [0.25, 0.3) is 0 Å². The maximum Gasteiger partial charge on any atom is 0.253 e. The fourth-order valence-electron chi connectivity index (χ4n) is 3.67. The fourth-order valence-corrected chi connectivity index (χ4v) is 3.67. The summed E-state index contributed by atoms with van der Waals surface area (Å²) in [4.78, 5) is 17.2. The number of aromatic nitrogens is 2. The zero-order valence-corrected chi connectivity index (χ0v) is 17.0. The predicted octanol–water partition coefficient (Wildman–Crippen LogP) is 3.39. The van der Waals surface area contributed by atoms with Crippen LogP contribution in [-0.4, -0.2) is 27.5 Å². The van der Waals surface area contributed by atoms with E-state index in [-0.39, 0.29) is 36.3 Å². The molecule has 3 rings (SSSR count). The number of nitrogens with zero attached hydrogens (tertiary/aromatic N) is 2. The van der Waals surface area contributed by atoms with E-state index in [9.17, 15) is 4.79 Å². The van der Waals surface area contributed by atoms with Crippen molar-refractivity contribution in [3.05, 3.63) is 53.1 Å². The van der Waals surface area contributed by atoms with Crippen LogP contribution in [-0.2, 0) is 6.54 Å². The second-order valence-corrected chi connectivity index (χ2v) is 6.84. The van der Waals surface area contributed by atoms with Crippen molar-refractivity contribution in [3.8, 4) is 0 Å². The summed E-state index contributed by atoms with van der Waals surface area (Å²) >= 11 is 0. The third-order valence-electron chi connectivity index (χ3n) is 5.19. The van der Waals surface area contributed by atoms with Gasteiger partial charge in [0.2, 0.25) is 0 Å². The number of pyridine rings is 1. The van der Waals surface area contributed by atoms with Gasteiger partial charge in [0, 0.05) is 24.1 Å². The third kappa shape index (κ3) is 4.58. The number of aryl methyl sites for hydroxylation is 1. The molecule has 2 aromatic rings. The first-order chi connectivity index (χ1) is 11.5. The summed E-state index contributed by atoms with van der Waals surface area (Å²) in [5.74, 6) is -0.0114. The van der Waals surface area contributed by atoms with E-state index in [4.69, 9.17) is 5.73 Å². The van der Waals surface area contributed by atoms with Crippen molar-refractivity contribution in [2.24, 2.45) is 5.73 Å². The number of nitrogens with one attached hydrogen (secondary N) is 1. The second kappa shape index (κ2) is 9.40. The van der Waals surface area contributed by atoms with Gasteiger partial charge in [-0.2, -0.15) is 0 Å². The van der Waals surface area contributed by atoms with Gasteiger partial charge in [-0.1, -0.05) is 18.9 Å². The summed E-state index contributed by atoms with van der Waals surface area (Å²) in [6.07, 6.45) is 6.01. The van der Waals surface area contributed by atoms with E-state index in [0.29, 0.717) is 13.1 Å². The van der Waals surface area contributed by atoms with Gasteiger partial charge in [0.1, 0.15) is 0 Å². The van der Waals surface area contributed by atoms with Crippen molar-refractivity contribution in [1.82, 2.24) is 14.9 Å². The molecule has 0 unspecified atom stereocenters. The smallest absolute Gasteiger partial charge is 0.253 e. The molecule has 7 heteroatoms. The number of carbonyl (C=O) groups is 1. The molecule has 5 nitrogen and oxygen atoms in total. The molecule has 2 heterocycles. The monoisotopic (exact) mass is 398 g/mol. The molecular formula is C19H28Cl2N4O. The highest BCUT2D eigenvalue weighted by atomic mass is 35.5. The lowest BCUT2D eigenvalue weighted by Crippen LogP contribution is -2.51. The first-order valence-corrected chi connectivity index (χ1v) is 8.64. The molecular weight excluding hydrogens is 371 g/mol. The van der Waals surface area contributed by atoms with Crippen LogP contribution in [0.1, 0.15) is 53.1 Å².